The molecule has 0 spiro atoms. The van der Waals surface area contributed by atoms with Crippen molar-refractivity contribution < 1.29 is 22.7 Å². The second-order valence-corrected chi connectivity index (χ2v) is 12.2. The Bertz CT molecular complexity index is 1340. The van der Waals surface area contributed by atoms with Crippen LogP contribution in [0.3, 0.4) is 0 Å². The van der Waals surface area contributed by atoms with E-state index in [1.165, 1.54) is 27.8 Å². The molecule has 0 unspecified atom stereocenters. The summed E-state index contributed by atoms with van der Waals surface area (Å²) in [6.45, 7) is 5.91. The maximum absolute atomic E-state index is 13.7. The lowest BCUT2D eigenvalue weighted by Crippen LogP contribution is -2.40. The number of morpholine rings is 2. The molecule has 1 amide bonds. The molecule has 2 aliphatic rings. The zero-order valence-corrected chi connectivity index (χ0v) is 22.7. The molecule has 37 heavy (non-hydrogen) atoms. The Kier molecular flexibility index (Phi) is 8.40. The van der Waals surface area contributed by atoms with Gasteiger partial charge in [-0.25, -0.2) is 13.4 Å². The maximum atomic E-state index is 13.7. The fourth-order valence-corrected chi connectivity index (χ4v) is 7.14. The maximum Gasteiger partial charge on any atom is 0.260 e. The minimum atomic E-state index is -3.64. The number of halogens is 1. The molecule has 3 aromatic rings. The van der Waals surface area contributed by atoms with Crippen LogP contribution in [0.25, 0.3) is 10.2 Å². The van der Waals surface area contributed by atoms with Crippen LogP contribution in [0.5, 0.6) is 0 Å². The number of rotatable bonds is 8. The van der Waals surface area contributed by atoms with Gasteiger partial charge >= 0.3 is 0 Å². The molecule has 1 aromatic heterocycles. The third-order valence-corrected chi connectivity index (χ3v) is 9.76. The van der Waals surface area contributed by atoms with Gasteiger partial charge in [-0.1, -0.05) is 29.0 Å². The number of ether oxygens (including phenoxy) is 2. The Morgan fingerprint density at radius 3 is 2.35 bits per heavy atom. The summed E-state index contributed by atoms with van der Waals surface area (Å²) >= 11 is 7.77. The number of hydrogen-bond acceptors (Lipinski definition) is 8. The summed E-state index contributed by atoms with van der Waals surface area (Å²) < 4.78 is 39.0. The number of carbonyl (C=O) groups excluding carboxylic acids is 1. The quantitative estimate of drug-likeness (QED) is 0.414. The highest BCUT2D eigenvalue weighted by molar-refractivity contribution is 7.89. The van der Waals surface area contributed by atoms with E-state index in [2.05, 4.69) is 9.88 Å². The number of benzene rings is 2. The molecule has 0 saturated carbocycles. The summed E-state index contributed by atoms with van der Waals surface area (Å²) in [5.74, 6) is -0.229. The molecule has 12 heteroatoms. The highest BCUT2D eigenvalue weighted by atomic mass is 35.5. The van der Waals surface area contributed by atoms with Crippen LogP contribution in [-0.2, 0) is 19.5 Å². The predicted octanol–water partition coefficient (Wildman–Crippen LogP) is 3.34. The standard InChI is InChI=1S/C25H29ClN4O5S2/c26-21-3-1-4-22-23(21)27-25(36-22)30(10-2-9-28-11-15-34-16-12-28)24(31)19-5-7-20(8-6-19)37(32,33)29-13-17-35-18-14-29/h1,3-8H,2,9-18H2. The Morgan fingerprint density at radius 1 is 1.00 bits per heavy atom. The van der Waals surface area contributed by atoms with Crippen LogP contribution < -0.4 is 4.90 Å². The van der Waals surface area contributed by atoms with Crippen molar-refractivity contribution in [2.24, 2.45) is 0 Å². The third kappa shape index (κ3) is 5.98. The van der Waals surface area contributed by atoms with Gasteiger partial charge in [0.15, 0.2) is 5.13 Å². The van der Waals surface area contributed by atoms with Crippen molar-refractivity contribution in [2.45, 2.75) is 11.3 Å². The summed E-state index contributed by atoms with van der Waals surface area (Å²) in [4.78, 5) is 22.6. The van der Waals surface area contributed by atoms with Gasteiger partial charge in [-0.05, 0) is 42.8 Å². The van der Waals surface area contributed by atoms with Gasteiger partial charge in [0, 0.05) is 44.8 Å². The SMILES string of the molecule is O=C(c1ccc(S(=O)(=O)N2CCOCC2)cc1)N(CCCN1CCOCC1)c1nc2c(Cl)cccc2s1. The molecular formula is C25H29ClN4O5S2. The lowest BCUT2D eigenvalue weighted by molar-refractivity contribution is 0.0376. The number of thiazole rings is 1. The molecule has 2 aromatic carbocycles. The molecule has 2 saturated heterocycles. The van der Waals surface area contributed by atoms with Gasteiger partial charge in [-0.3, -0.25) is 14.6 Å². The molecule has 2 aliphatic heterocycles. The fourth-order valence-electron chi connectivity index (χ4n) is 4.44. The average molecular weight is 565 g/mol. The van der Waals surface area contributed by atoms with Crippen LogP contribution in [0.1, 0.15) is 16.8 Å². The number of hydrogen-bond donors (Lipinski definition) is 0. The molecule has 0 N–H and O–H groups in total. The van der Waals surface area contributed by atoms with E-state index in [9.17, 15) is 13.2 Å². The van der Waals surface area contributed by atoms with Gasteiger partial charge in [-0.15, -0.1) is 0 Å². The Morgan fingerprint density at radius 2 is 1.68 bits per heavy atom. The van der Waals surface area contributed by atoms with Gasteiger partial charge < -0.3 is 9.47 Å². The zero-order valence-electron chi connectivity index (χ0n) is 20.3. The van der Waals surface area contributed by atoms with E-state index in [0.29, 0.717) is 54.1 Å². The molecule has 0 aliphatic carbocycles. The zero-order chi connectivity index (χ0) is 25.8. The molecule has 9 nitrogen and oxygen atoms in total. The molecule has 2 fully saturated rings. The molecule has 0 bridgehead atoms. The van der Waals surface area contributed by atoms with Crippen LogP contribution >= 0.6 is 22.9 Å². The van der Waals surface area contributed by atoms with Crippen LogP contribution in [0.4, 0.5) is 5.13 Å². The number of fused-ring (bicyclic) bond motifs is 1. The fraction of sp³-hybridized carbons (Fsp3) is 0.440. The summed E-state index contributed by atoms with van der Waals surface area (Å²) in [7, 11) is -3.64. The number of aromatic nitrogens is 1. The Hall–Kier alpha value is -2.12. The molecule has 198 valence electrons. The van der Waals surface area contributed by atoms with Crippen LogP contribution in [0, 0.1) is 0 Å². The summed E-state index contributed by atoms with van der Waals surface area (Å²) in [5.41, 5.74) is 1.07. The third-order valence-electron chi connectivity index (χ3n) is 6.50. The van der Waals surface area contributed by atoms with Crippen molar-refractivity contribution in [1.29, 1.82) is 0 Å². The van der Waals surface area contributed by atoms with Crippen molar-refractivity contribution >= 4 is 54.2 Å². The number of anilines is 1. The molecule has 3 heterocycles. The lowest BCUT2D eigenvalue weighted by Gasteiger charge is -2.28. The van der Waals surface area contributed by atoms with Crippen LogP contribution in [-0.4, -0.2) is 94.2 Å². The van der Waals surface area contributed by atoms with Gasteiger partial charge in [0.25, 0.3) is 5.91 Å². The van der Waals surface area contributed by atoms with E-state index >= 15 is 0 Å². The largest absolute Gasteiger partial charge is 0.379 e. The Balaban J connectivity index is 1.37. The van der Waals surface area contributed by atoms with Crippen LogP contribution in [0.15, 0.2) is 47.4 Å². The number of carbonyl (C=O) groups is 1. The number of para-hydroxylation sites is 1. The average Bonchev–Trinajstić information content (AvgIpc) is 3.37. The molecular weight excluding hydrogens is 536 g/mol. The monoisotopic (exact) mass is 564 g/mol. The smallest absolute Gasteiger partial charge is 0.260 e. The molecule has 0 atom stereocenters. The van der Waals surface area contributed by atoms with Crippen molar-refractivity contribution in [3.8, 4) is 0 Å². The molecule has 0 radical (unpaired) electrons. The van der Waals surface area contributed by atoms with Gasteiger partial charge in [0.2, 0.25) is 10.0 Å². The van der Waals surface area contributed by atoms with Gasteiger partial charge in [0.05, 0.1) is 41.0 Å². The van der Waals surface area contributed by atoms with Crippen LogP contribution in [0.2, 0.25) is 5.02 Å². The highest BCUT2D eigenvalue weighted by Gasteiger charge is 2.27. The second kappa shape index (κ2) is 11.7. The predicted molar refractivity (Wildman–Crippen MR) is 144 cm³/mol. The van der Waals surface area contributed by atoms with E-state index in [1.54, 1.807) is 23.1 Å². The normalized spacial score (nSPS) is 17.8. The van der Waals surface area contributed by atoms with E-state index in [0.717, 1.165) is 44.0 Å². The first-order valence-electron chi connectivity index (χ1n) is 12.3. The van der Waals surface area contributed by atoms with Crippen molar-refractivity contribution in [2.75, 3.05) is 70.6 Å². The summed E-state index contributed by atoms with van der Waals surface area (Å²) in [6.07, 6.45) is 0.763. The summed E-state index contributed by atoms with van der Waals surface area (Å²) in [5, 5.41) is 1.11. The van der Waals surface area contributed by atoms with E-state index in [1.807, 2.05) is 12.1 Å². The first-order valence-corrected chi connectivity index (χ1v) is 14.9. The topological polar surface area (TPSA) is 92.3 Å². The Labute approximate surface area is 225 Å². The van der Waals surface area contributed by atoms with Gasteiger partial charge in [-0.2, -0.15) is 4.31 Å². The molecule has 5 rings (SSSR count). The summed E-state index contributed by atoms with van der Waals surface area (Å²) in [6, 6.07) is 11.7. The van der Waals surface area contributed by atoms with E-state index in [-0.39, 0.29) is 10.8 Å². The second-order valence-electron chi connectivity index (χ2n) is 8.89. The number of sulfonamides is 1. The first kappa shape index (κ1) is 26.5. The van der Waals surface area contributed by atoms with Crippen molar-refractivity contribution in [3.63, 3.8) is 0 Å². The highest BCUT2D eigenvalue weighted by Crippen LogP contribution is 2.33. The van der Waals surface area contributed by atoms with Crippen molar-refractivity contribution in [3.05, 3.63) is 53.1 Å². The number of nitrogens with zero attached hydrogens (tertiary/aromatic N) is 4. The van der Waals surface area contributed by atoms with Crippen molar-refractivity contribution in [1.82, 2.24) is 14.2 Å². The first-order chi connectivity index (χ1) is 17.9. The minimum Gasteiger partial charge on any atom is -0.379 e. The van der Waals surface area contributed by atoms with E-state index < -0.39 is 10.0 Å². The van der Waals surface area contributed by atoms with Gasteiger partial charge in [0.1, 0.15) is 5.52 Å². The lowest BCUT2D eigenvalue weighted by atomic mass is 10.2. The van der Waals surface area contributed by atoms with E-state index in [4.69, 9.17) is 21.1 Å². The number of amides is 1. The minimum absolute atomic E-state index is 0.164.